The molecule has 0 radical (unpaired) electrons. The van der Waals surface area contributed by atoms with Crippen molar-refractivity contribution in [1.82, 2.24) is 0 Å². The number of nitriles is 1. The van der Waals surface area contributed by atoms with Crippen molar-refractivity contribution in [1.29, 1.82) is 5.26 Å². The van der Waals surface area contributed by atoms with Gasteiger partial charge in [0, 0.05) is 5.69 Å². The maximum Gasteiger partial charge on any atom is 0.262 e. The molecule has 1 N–H and O–H groups in total. The first-order valence-electron chi connectivity index (χ1n) is 7.22. The van der Waals surface area contributed by atoms with Gasteiger partial charge in [-0.15, -0.1) is 0 Å². The van der Waals surface area contributed by atoms with Crippen molar-refractivity contribution in [2.24, 2.45) is 0 Å². The van der Waals surface area contributed by atoms with Gasteiger partial charge in [-0.25, -0.2) is 0 Å². The van der Waals surface area contributed by atoms with Gasteiger partial charge in [-0.05, 0) is 42.8 Å². The summed E-state index contributed by atoms with van der Waals surface area (Å²) in [6.45, 7) is 1.69. The molecule has 0 aliphatic carbocycles. The van der Waals surface area contributed by atoms with E-state index in [4.69, 9.17) is 19.5 Å². The van der Waals surface area contributed by atoms with Crippen molar-refractivity contribution in [3.8, 4) is 23.3 Å². The molecule has 1 amide bonds. The predicted octanol–water partition coefficient (Wildman–Crippen LogP) is 2.90. The molecule has 0 bridgehead atoms. The molecule has 2 rings (SSSR count). The van der Waals surface area contributed by atoms with E-state index in [1.807, 2.05) is 13.0 Å². The molecule has 0 heterocycles. The molecule has 0 saturated heterocycles. The third kappa shape index (κ3) is 4.17. The normalized spacial score (nSPS) is 9.75. The number of methoxy groups -OCH3 is 2. The first-order chi connectivity index (χ1) is 11.6. The first-order valence-corrected chi connectivity index (χ1v) is 7.22. The van der Waals surface area contributed by atoms with Gasteiger partial charge >= 0.3 is 0 Å². The Labute approximate surface area is 140 Å². The fraction of sp³-hybridized carbons (Fsp3) is 0.222. The van der Waals surface area contributed by atoms with E-state index in [1.54, 1.807) is 36.4 Å². The van der Waals surface area contributed by atoms with Gasteiger partial charge in [0.1, 0.15) is 0 Å². The van der Waals surface area contributed by atoms with Gasteiger partial charge in [-0.3, -0.25) is 4.79 Å². The summed E-state index contributed by atoms with van der Waals surface area (Å²) in [5.74, 6) is 0.999. The highest BCUT2D eigenvalue weighted by molar-refractivity contribution is 5.92. The van der Waals surface area contributed by atoms with Gasteiger partial charge < -0.3 is 19.5 Å². The SMILES string of the molecule is COc1cc(C)cc(OC)c1OCC(=O)Nc1cccc(C#N)c1. The number of hydrogen-bond acceptors (Lipinski definition) is 5. The number of ether oxygens (including phenoxy) is 3. The van der Waals surface area contributed by atoms with E-state index in [9.17, 15) is 4.79 Å². The first kappa shape index (κ1) is 17.2. The Balaban J connectivity index is 2.07. The Bertz CT molecular complexity index is 756. The van der Waals surface area contributed by atoms with E-state index in [1.165, 1.54) is 14.2 Å². The van der Waals surface area contributed by atoms with Crippen LogP contribution in [0.15, 0.2) is 36.4 Å². The predicted molar refractivity (Wildman–Crippen MR) is 89.6 cm³/mol. The lowest BCUT2D eigenvalue weighted by Gasteiger charge is -2.15. The molecule has 0 saturated carbocycles. The quantitative estimate of drug-likeness (QED) is 0.883. The summed E-state index contributed by atoms with van der Waals surface area (Å²) in [6, 6.07) is 12.3. The van der Waals surface area contributed by atoms with E-state index in [0.717, 1.165) is 5.56 Å². The number of nitrogens with zero attached hydrogens (tertiary/aromatic N) is 1. The third-order valence-electron chi connectivity index (χ3n) is 3.23. The number of hydrogen-bond donors (Lipinski definition) is 1. The van der Waals surface area contributed by atoms with E-state index >= 15 is 0 Å². The summed E-state index contributed by atoms with van der Waals surface area (Å²) < 4.78 is 16.1. The number of aryl methyl sites for hydroxylation is 1. The number of benzene rings is 2. The average Bonchev–Trinajstić information content (AvgIpc) is 2.59. The van der Waals surface area contributed by atoms with Crippen LogP contribution in [0.25, 0.3) is 0 Å². The number of carbonyl (C=O) groups is 1. The number of nitrogens with one attached hydrogen (secondary N) is 1. The lowest BCUT2D eigenvalue weighted by atomic mass is 10.2. The molecule has 0 spiro atoms. The van der Waals surface area contributed by atoms with Crippen molar-refractivity contribution >= 4 is 11.6 Å². The second-order valence-electron chi connectivity index (χ2n) is 5.03. The Morgan fingerprint density at radius 3 is 2.42 bits per heavy atom. The Hall–Kier alpha value is -3.20. The number of amides is 1. The summed E-state index contributed by atoms with van der Waals surface area (Å²) in [5.41, 5.74) is 1.95. The molecule has 0 fully saturated rings. The molecule has 0 aliphatic heterocycles. The largest absolute Gasteiger partial charge is 0.493 e. The molecule has 0 aliphatic rings. The second-order valence-corrected chi connectivity index (χ2v) is 5.03. The number of carbonyl (C=O) groups excluding carboxylic acids is 1. The second kappa shape index (κ2) is 7.88. The van der Waals surface area contributed by atoms with Crippen LogP contribution >= 0.6 is 0 Å². The fourth-order valence-electron chi connectivity index (χ4n) is 2.15. The van der Waals surface area contributed by atoms with Crippen molar-refractivity contribution < 1.29 is 19.0 Å². The standard InChI is InChI=1S/C18H18N2O4/c1-12-7-15(22-2)18(16(8-12)23-3)24-11-17(21)20-14-6-4-5-13(9-14)10-19/h4-9H,11H2,1-3H3,(H,20,21). The van der Waals surface area contributed by atoms with Crippen LogP contribution in [0.5, 0.6) is 17.2 Å². The molecule has 2 aromatic carbocycles. The highest BCUT2D eigenvalue weighted by Gasteiger charge is 2.15. The topological polar surface area (TPSA) is 80.6 Å². The Morgan fingerprint density at radius 1 is 1.17 bits per heavy atom. The zero-order chi connectivity index (χ0) is 17.5. The maximum atomic E-state index is 12.1. The highest BCUT2D eigenvalue weighted by atomic mass is 16.5. The molecule has 0 aromatic heterocycles. The van der Waals surface area contributed by atoms with Crippen LogP contribution in [0.1, 0.15) is 11.1 Å². The molecular formula is C18H18N2O4. The minimum absolute atomic E-state index is 0.216. The molecule has 0 atom stereocenters. The van der Waals surface area contributed by atoms with Crippen molar-refractivity contribution in [2.45, 2.75) is 6.92 Å². The summed E-state index contributed by atoms with van der Waals surface area (Å²) in [6.07, 6.45) is 0. The van der Waals surface area contributed by atoms with E-state index in [-0.39, 0.29) is 12.5 Å². The third-order valence-corrected chi connectivity index (χ3v) is 3.23. The summed E-state index contributed by atoms with van der Waals surface area (Å²) >= 11 is 0. The van der Waals surface area contributed by atoms with Crippen LogP contribution < -0.4 is 19.5 Å². The fourth-order valence-corrected chi connectivity index (χ4v) is 2.15. The average molecular weight is 326 g/mol. The van der Waals surface area contributed by atoms with Crippen molar-refractivity contribution in [2.75, 3.05) is 26.1 Å². The minimum Gasteiger partial charge on any atom is -0.493 e. The minimum atomic E-state index is -0.352. The monoisotopic (exact) mass is 326 g/mol. The smallest absolute Gasteiger partial charge is 0.262 e. The molecule has 2 aromatic rings. The van der Waals surface area contributed by atoms with Gasteiger partial charge in [0.15, 0.2) is 18.1 Å². The Kier molecular flexibility index (Phi) is 5.63. The maximum absolute atomic E-state index is 12.1. The van der Waals surface area contributed by atoms with E-state index in [0.29, 0.717) is 28.5 Å². The summed E-state index contributed by atoms with van der Waals surface area (Å²) in [4.78, 5) is 12.1. The van der Waals surface area contributed by atoms with E-state index in [2.05, 4.69) is 5.32 Å². The Morgan fingerprint density at radius 2 is 1.83 bits per heavy atom. The van der Waals surface area contributed by atoms with Crippen LogP contribution in [0.2, 0.25) is 0 Å². The van der Waals surface area contributed by atoms with E-state index < -0.39 is 0 Å². The van der Waals surface area contributed by atoms with Crippen LogP contribution in [-0.4, -0.2) is 26.7 Å². The van der Waals surface area contributed by atoms with Crippen LogP contribution in [-0.2, 0) is 4.79 Å². The number of rotatable bonds is 6. The van der Waals surface area contributed by atoms with Crippen molar-refractivity contribution in [3.05, 3.63) is 47.5 Å². The van der Waals surface area contributed by atoms with Gasteiger partial charge in [0.25, 0.3) is 5.91 Å². The van der Waals surface area contributed by atoms with Gasteiger partial charge in [-0.1, -0.05) is 6.07 Å². The van der Waals surface area contributed by atoms with Crippen LogP contribution in [0.4, 0.5) is 5.69 Å². The lowest BCUT2D eigenvalue weighted by Crippen LogP contribution is -2.20. The van der Waals surface area contributed by atoms with Gasteiger partial charge in [-0.2, -0.15) is 5.26 Å². The molecular weight excluding hydrogens is 308 g/mol. The van der Waals surface area contributed by atoms with Gasteiger partial charge in [0.05, 0.1) is 25.9 Å². The highest BCUT2D eigenvalue weighted by Crippen LogP contribution is 2.38. The lowest BCUT2D eigenvalue weighted by molar-refractivity contribution is -0.118. The van der Waals surface area contributed by atoms with Crippen molar-refractivity contribution in [3.63, 3.8) is 0 Å². The molecule has 0 unspecified atom stereocenters. The molecule has 6 nitrogen and oxygen atoms in total. The molecule has 24 heavy (non-hydrogen) atoms. The summed E-state index contributed by atoms with van der Waals surface area (Å²) in [5, 5.41) is 11.5. The zero-order valence-corrected chi connectivity index (χ0v) is 13.8. The number of anilines is 1. The zero-order valence-electron chi connectivity index (χ0n) is 13.8. The van der Waals surface area contributed by atoms with Crippen LogP contribution in [0, 0.1) is 18.3 Å². The summed E-state index contributed by atoms with van der Waals surface area (Å²) in [7, 11) is 3.04. The molecule has 6 heteroatoms. The van der Waals surface area contributed by atoms with Crippen LogP contribution in [0.3, 0.4) is 0 Å². The van der Waals surface area contributed by atoms with Gasteiger partial charge in [0.2, 0.25) is 5.75 Å². The molecule has 124 valence electrons.